The fourth-order valence-electron chi connectivity index (χ4n) is 3.16. The molecule has 0 fully saturated rings. The first kappa shape index (κ1) is 25.4. The third-order valence-electron chi connectivity index (χ3n) is 4.70. The fourth-order valence-corrected chi connectivity index (χ4v) is 3.16. The maximum absolute atomic E-state index is 11.1. The standard InChI is InChI=1S/C24H30N6O.HI/c1-3-25-24(26-16-13-20-5-9-22(10-6-20)29-19(2)31)27-17-14-21-7-11-23(12-8-21)30-18-4-15-28-30;/h4-12,15,18H,3,13-14,16-17H2,1-2H3,(H,29,31)(H2,25,26,27);1H. The molecule has 8 heteroatoms. The van der Waals surface area contributed by atoms with Crippen molar-refractivity contribution in [3.8, 4) is 5.69 Å². The smallest absolute Gasteiger partial charge is 0.221 e. The molecule has 0 saturated carbocycles. The minimum atomic E-state index is -0.0624. The summed E-state index contributed by atoms with van der Waals surface area (Å²) in [5.74, 6) is 0.762. The molecule has 0 saturated heterocycles. The van der Waals surface area contributed by atoms with Gasteiger partial charge in [-0.1, -0.05) is 24.3 Å². The predicted octanol–water partition coefficient (Wildman–Crippen LogP) is 3.79. The summed E-state index contributed by atoms with van der Waals surface area (Å²) < 4.78 is 1.85. The minimum Gasteiger partial charge on any atom is -0.357 e. The molecule has 7 nitrogen and oxygen atoms in total. The van der Waals surface area contributed by atoms with Gasteiger partial charge in [-0.05, 0) is 61.2 Å². The van der Waals surface area contributed by atoms with Crippen LogP contribution in [0, 0.1) is 0 Å². The Hall–Kier alpha value is -2.88. The summed E-state index contributed by atoms with van der Waals surface area (Å²) in [4.78, 5) is 15.8. The molecule has 32 heavy (non-hydrogen) atoms. The van der Waals surface area contributed by atoms with Crippen molar-refractivity contribution in [3.63, 3.8) is 0 Å². The first-order chi connectivity index (χ1) is 15.1. The van der Waals surface area contributed by atoms with Crippen molar-refractivity contribution in [3.05, 3.63) is 78.1 Å². The van der Waals surface area contributed by atoms with E-state index in [0.717, 1.165) is 43.3 Å². The zero-order valence-corrected chi connectivity index (χ0v) is 20.9. The van der Waals surface area contributed by atoms with E-state index < -0.39 is 0 Å². The summed E-state index contributed by atoms with van der Waals surface area (Å²) in [5.41, 5.74) is 4.32. The highest BCUT2D eigenvalue weighted by molar-refractivity contribution is 14.0. The molecule has 3 aromatic rings. The van der Waals surface area contributed by atoms with Gasteiger partial charge in [0, 0.05) is 44.6 Å². The van der Waals surface area contributed by atoms with Gasteiger partial charge < -0.3 is 16.0 Å². The van der Waals surface area contributed by atoms with E-state index in [1.807, 2.05) is 41.2 Å². The lowest BCUT2D eigenvalue weighted by Gasteiger charge is -2.12. The number of nitrogens with one attached hydrogen (secondary N) is 3. The van der Waals surface area contributed by atoms with Crippen LogP contribution in [-0.4, -0.2) is 41.3 Å². The van der Waals surface area contributed by atoms with Crippen molar-refractivity contribution >= 4 is 41.5 Å². The second kappa shape index (κ2) is 13.5. The SMILES string of the molecule is CCNC(=NCCc1ccc(NC(C)=O)cc1)NCCc1ccc(-n2cccn2)cc1.I. The number of guanidine groups is 1. The third-order valence-corrected chi connectivity index (χ3v) is 4.70. The fraction of sp³-hybridized carbons (Fsp3) is 0.292. The van der Waals surface area contributed by atoms with Gasteiger partial charge in [0.2, 0.25) is 5.91 Å². The van der Waals surface area contributed by atoms with E-state index in [1.165, 1.54) is 18.1 Å². The molecule has 170 valence electrons. The van der Waals surface area contributed by atoms with E-state index in [-0.39, 0.29) is 29.9 Å². The van der Waals surface area contributed by atoms with Gasteiger partial charge in [-0.2, -0.15) is 5.10 Å². The maximum Gasteiger partial charge on any atom is 0.221 e. The van der Waals surface area contributed by atoms with E-state index in [9.17, 15) is 4.79 Å². The summed E-state index contributed by atoms with van der Waals surface area (Å²) in [6, 6.07) is 18.2. The quantitative estimate of drug-likeness (QED) is 0.217. The topological polar surface area (TPSA) is 83.3 Å². The molecule has 3 rings (SSSR count). The van der Waals surface area contributed by atoms with Crippen LogP contribution >= 0.6 is 24.0 Å². The van der Waals surface area contributed by atoms with Gasteiger partial charge in [0.05, 0.1) is 5.69 Å². The zero-order valence-electron chi connectivity index (χ0n) is 18.5. The molecule has 0 unspecified atom stereocenters. The van der Waals surface area contributed by atoms with E-state index in [2.05, 4.69) is 57.2 Å². The van der Waals surface area contributed by atoms with Gasteiger partial charge in [0.15, 0.2) is 5.96 Å². The molecular formula is C24H31IN6O. The van der Waals surface area contributed by atoms with Crippen molar-refractivity contribution in [2.45, 2.75) is 26.7 Å². The number of hydrogen-bond acceptors (Lipinski definition) is 3. The number of amides is 1. The highest BCUT2D eigenvalue weighted by Crippen LogP contribution is 2.10. The van der Waals surface area contributed by atoms with Crippen molar-refractivity contribution in [2.24, 2.45) is 4.99 Å². The summed E-state index contributed by atoms with van der Waals surface area (Å²) in [6.45, 7) is 5.88. The number of aliphatic imine (C=N–C) groups is 1. The third kappa shape index (κ3) is 8.33. The Morgan fingerprint density at radius 2 is 1.69 bits per heavy atom. The van der Waals surface area contributed by atoms with Crippen LogP contribution in [0.2, 0.25) is 0 Å². The van der Waals surface area contributed by atoms with Crippen LogP contribution in [0.15, 0.2) is 72.0 Å². The molecular weight excluding hydrogens is 515 g/mol. The maximum atomic E-state index is 11.1. The Morgan fingerprint density at radius 1 is 1.00 bits per heavy atom. The van der Waals surface area contributed by atoms with Crippen molar-refractivity contribution in [1.82, 2.24) is 20.4 Å². The van der Waals surface area contributed by atoms with Gasteiger partial charge in [-0.25, -0.2) is 4.68 Å². The predicted molar refractivity (Wildman–Crippen MR) is 141 cm³/mol. The summed E-state index contributed by atoms with van der Waals surface area (Å²) in [6.07, 6.45) is 5.47. The molecule has 0 aliphatic rings. The Balaban J connectivity index is 0.00000363. The first-order valence-electron chi connectivity index (χ1n) is 10.6. The van der Waals surface area contributed by atoms with Crippen molar-refractivity contribution in [2.75, 3.05) is 25.0 Å². The van der Waals surface area contributed by atoms with Crippen LogP contribution in [-0.2, 0) is 17.6 Å². The highest BCUT2D eigenvalue weighted by atomic mass is 127. The summed E-state index contributed by atoms with van der Waals surface area (Å²) in [5, 5.41) is 13.7. The van der Waals surface area contributed by atoms with Crippen LogP contribution < -0.4 is 16.0 Å². The lowest BCUT2D eigenvalue weighted by atomic mass is 10.1. The van der Waals surface area contributed by atoms with E-state index in [1.54, 1.807) is 6.20 Å². The lowest BCUT2D eigenvalue weighted by Crippen LogP contribution is -2.38. The average Bonchev–Trinajstić information content (AvgIpc) is 3.30. The van der Waals surface area contributed by atoms with Crippen molar-refractivity contribution in [1.29, 1.82) is 0 Å². The number of aromatic nitrogens is 2. The van der Waals surface area contributed by atoms with Crippen LogP contribution in [0.5, 0.6) is 0 Å². The Kier molecular flexibility index (Phi) is 10.7. The molecule has 1 amide bonds. The molecule has 1 heterocycles. The summed E-state index contributed by atoms with van der Waals surface area (Å²) in [7, 11) is 0. The van der Waals surface area contributed by atoms with Crippen LogP contribution in [0.4, 0.5) is 5.69 Å². The largest absolute Gasteiger partial charge is 0.357 e. The second-order valence-electron chi connectivity index (χ2n) is 7.18. The number of carbonyl (C=O) groups is 1. The Morgan fingerprint density at radius 3 is 2.31 bits per heavy atom. The van der Waals surface area contributed by atoms with Gasteiger partial charge in [0.1, 0.15) is 0 Å². The monoisotopic (exact) mass is 546 g/mol. The second-order valence-corrected chi connectivity index (χ2v) is 7.18. The number of hydrogen-bond donors (Lipinski definition) is 3. The van der Waals surface area contributed by atoms with E-state index in [0.29, 0.717) is 6.54 Å². The minimum absolute atomic E-state index is 0. The van der Waals surface area contributed by atoms with Gasteiger partial charge in [-0.3, -0.25) is 9.79 Å². The normalized spacial score (nSPS) is 10.9. The number of benzene rings is 2. The van der Waals surface area contributed by atoms with E-state index >= 15 is 0 Å². The van der Waals surface area contributed by atoms with E-state index in [4.69, 9.17) is 0 Å². The van der Waals surface area contributed by atoms with Gasteiger partial charge >= 0.3 is 0 Å². The zero-order chi connectivity index (χ0) is 21.9. The van der Waals surface area contributed by atoms with Crippen LogP contribution in [0.25, 0.3) is 5.69 Å². The van der Waals surface area contributed by atoms with Crippen molar-refractivity contribution < 1.29 is 4.79 Å². The molecule has 3 N–H and O–H groups in total. The number of rotatable bonds is 9. The van der Waals surface area contributed by atoms with Gasteiger partial charge in [0.25, 0.3) is 0 Å². The Bertz CT molecular complexity index is 969. The highest BCUT2D eigenvalue weighted by Gasteiger charge is 2.01. The van der Waals surface area contributed by atoms with Crippen LogP contribution in [0.1, 0.15) is 25.0 Å². The van der Waals surface area contributed by atoms with Crippen LogP contribution in [0.3, 0.4) is 0 Å². The number of anilines is 1. The molecule has 1 aromatic heterocycles. The molecule has 0 aliphatic carbocycles. The number of carbonyl (C=O) groups excluding carboxylic acids is 1. The summed E-state index contributed by atoms with van der Waals surface area (Å²) >= 11 is 0. The molecule has 2 aromatic carbocycles. The molecule has 0 bridgehead atoms. The molecule has 0 aliphatic heterocycles. The van der Waals surface area contributed by atoms with Gasteiger partial charge in [-0.15, -0.1) is 24.0 Å². The lowest BCUT2D eigenvalue weighted by molar-refractivity contribution is -0.114. The number of nitrogens with zero attached hydrogens (tertiary/aromatic N) is 3. The molecule has 0 radical (unpaired) electrons. The molecule has 0 spiro atoms. The number of halogens is 1. The average molecular weight is 546 g/mol. The molecule has 0 atom stereocenters. The first-order valence-corrected chi connectivity index (χ1v) is 10.6. The Labute approximate surface area is 206 Å².